The van der Waals surface area contributed by atoms with Crippen molar-refractivity contribution >= 4 is 22.6 Å². The summed E-state index contributed by atoms with van der Waals surface area (Å²) in [5.74, 6) is -0.312. The number of aromatic carboxylic acids is 1. The number of hydrogen-bond acceptors (Lipinski definition) is 4. The van der Waals surface area contributed by atoms with Gasteiger partial charge in [0.2, 0.25) is 0 Å². The molecule has 2 rings (SSSR count). The van der Waals surface area contributed by atoms with Gasteiger partial charge in [0.15, 0.2) is 0 Å². The van der Waals surface area contributed by atoms with Crippen LogP contribution < -0.4 is 5.32 Å². The van der Waals surface area contributed by atoms with E-state index in [1.807, 2.05) is 32.0 Å². The van der Waals surface area contributed by atoms with Gasteiger partial charge < -0.3 is 15.2 Å². The van der Waals surface area contributed by atoms with E-state index in [2.05, 4.69) is 10.3 Å². The first-order chi connectivity index (χ1) is 9.44. The minimum Gasteiger partial charge on any atom is -0.478 e. The zero-order chi connectivity index (χ0) is 14.8. The summed E-state index contributed by atoms with van der Waals surface area (Å²) in [5, 5.41) is 13.9. The van der Waals surface area contributed by atoms with Gasteiger partial charge in [-0.15, -0.1) is 0 Å². The molecule has 0 saturated heterocycles. The van der Waals surface area contributed by atoms with E-state index in [1.165, 1.54) is 6.20 Å². The van der Waals surface area contributed by atoms with Crippen LogP contribution in [-0.2, 0) is 4.74 Å². The zero-order valence-electron chi connectivity index (χ0n) is 11.8. The Morgan fingerprint density at radius 3 is 2.60 bits per heavy atom. The maximum atomic E-state index is 11.2. The summed E-state index contributed by atoms with van der Waals surface area (Å²) in [7, 11) is 1.65. The molecule has 2 aromatic rings. The Hall–Kier alpha value is -2.14. The minimum atomic E-state index is -0.975. The number of nitrogens with one attached hydrogen (secondary N) is 1. The standard InChI is InChI=1S/C15H18N2O3/c1-15(2,20-3)9-17-13-11-7-5-4-6-10(11)12(8-16-13)14(18)19/h4-8H,9H2,1-3H3,(H,16,17)(H,18,19). The zero-order valence-corrected chi connectivity index (χ0v) is 11.8. The molecule has 0 atom stereocenters. The number of aromatic nitrogens is 1. The smallest absolute Gasteiger partial charge is 0.337 e. The molecule has 0 fully saturated rings. The third-order valence-corrected chi connectivity index (χ3v) is 3.26. The summed E-state index contributed by atoms with van der Waals surface area (Å²) in [6.07, 6.45) is 1.38. The number of pyridine rings is 1. The molecule has 0 aliphatic heterocycles. The Balaban J connectivity index is 2.41. The maximum absolute atomic E-state index is 11.2. The van der Waals surface area contributed by atoms with Gasteiger partial charge in [-0.25, -0.2) is 9.78 Å². The van der Waals surface area contributed by atoms with Crippen LogP contribution in [0, 0.1) is 0 Å². The van der Waals surface area contributed by atoms with E-state index in [-0.39, 0.29) is 11.2 Å². The molecule has 20 heavy (non-hydrogen) atoms. The van der Waals surface area contributed by atoms with Gasteiger partial charge in [0.1, 0.15) is 5.82 Å². The van der Waals surface area contributed by atoms with E-state index in [0.29, 0.717) is 17.7 Å². The molecule has 2 N–H and O–H groups in total. The number of anilines is 1. The van der Waals surface area contributed by atoms with Crippen molar-refractivity contribution in [3.8, 4) is 0 Å². The van der Waals surface area contributed by atoms with Crippen molar-refractivity contribution < 1.29 is 14.6 Å². The third kappa shape index (κ3) is 2.88. The summed E-state index contributed by atoms with van der Waals surface area (Å²) >= 11 is 0. The number of ether oxygens (including phenoxy) is 1. The second-order valence-corrected chi connectivity index (χ2v) is 5.19. The van der Waals surface area contributed by atoms with Gasteiger partial charge in [0, 0.05) is 30.6 Å². The molecular weight excluding hydrogens is 256 g/mol. The molecule has 0 radical (unpaired) electrons. The van der Waals surface area contributed by atoms with Crippen LogP contribution in [0.15, 0.2) is 30.5 Å². The highest BCUT2D eigenvalue weighted by Gasteiger charge is 2.18. The number of fused-ring (bicyclic) bond motifs is 1. The van der Waals surface area contributed by atoms with Crippen molar-refractivity contribution in [3.05, 3.63) is 36.0 Å². The fraction of sp³-hybridized carbons (Fsp3) is 0.333. The van der Waals surface area contributed by atoms with Crippen LogP contribution in [-0.4, -0.2) is 35.3 Å². The Morgan fingerprint density at radius 1 is 1.35 bits per heavy atom. The van der Waals surface area contributed by atoms with E-state index in [9.17, 15) is 9.90 Å². The van der Waals surface area contributed by atoms with E-state index >= 15 is 0 Å². The highest BCUT2D eigenvalue weighted by Crippen LogP contribution is 2.25. The topological polar surface area (TPSA) is 71.5 Å². The molecule has 0 aliphatic carbocycles. The summed E-state index contributed by atoms with van der Waals surface area (Å²) in [6.45, 7) is 4.51. The Kier molecular flexibility index (Phi) is 3.90. The number of hydrogen-bond donors (Lipinski definition) is 2. The van der Waals surface area contributed by atoms with Gasteiger partial charge in [-0.3, -0.25) is 0 Å². The highest BCUT2D eigenvalue weighted by atomic mass is 16.5. The molecule has 0 saturated carbocycles. The number of carbonyl (C=O) groups is 1. The van der Waals surface area contributed by atoms with Crippen molar-refractivity contribution in [2.75, 3.05) is 19.0 Å². The van der Waals surface area contributed by atoms with Crippen LogP contribution >= 0.6 is 0 Å². The van der Waals surface area contributed by atoms with Crippen molar-refractivity contribution in [2.24, 2.45) is 0 Å². The first-order valence-corrected chi connectivity index (χ1v) is 6.35. The van der Waals surface area contributed by atoms with Crippen LogP contribution in [0.4, 0.5) is 5.82 Å². The molecule has 106 valence electrons. The number of nitrogens with zero attached hydrogens (tertiary/aromatic N) is 1. The van der Waals surface area contributed by atoms with Gasteiger partial charge in [-0.1, -0.05) is 24.3 Å². The lowest BCUT2D eigenvalue weighted by atomic mass is 10.1. The van der Waals surface area contributed by atoms with E-state index < -0.39 is 5.97 Å². The fourth-order valence-corrected chi connectivity index (χ4v) is 1.87. The molecule has 1 aromatic heterocycles. The number of carboxylic acid groups (broad SMARTS) is 1. The van der Waals surface area contributed by atoms with Crippen molar-refractivity contribution in [1.29, 1.82) is 0 Å². The molecule has 5 nitrogen and oxygen atoms in total. The summed E-state index contributed by atoms with van der Waals surface area (Å²) < 4.78 is 5.35. The van der Waals surface area contributed by atoms with Crippen LogP contribution in [0.25, 0.3) is 10.8 Å². The molecule has 1 aromatic carbocycles. The quantitative estimate of drug-likeness (QED) is 0.877. The Labute approximate surface area is 117 Å². The number of carboxylic acids is 1. The van der Waals surface area contributed by atoms with Crippen LogP contribution in [0.3, 0.4) is 0 Å². The molecule has 5 heteroatoms. The molecule has 1 heterocycles. The second-order valence-electron chi connectivity index (χ2n) is 5.19. The van der Waals surface area contributed by atoms with E-state index in [1.54, 1.807) is 13.2 Å². The molecule has 0 spiro atoms. The van der Waals surface area contributed by atoms with Crippen LogP contribution in [0.2, 0.25) is 0 Å². The highest BCUT2D eigenvalue weighted by molar-refractivity contribution is 6.06. The second kappa shape index (κ2) is 5.46. The van der Waals surface area contributed by atoms with Gasteiger partial charge in [-0.2, -0.15) is 0 Å². The Bertz CT molecular complexity index is 638. The summed E-state index contributed by atoms with van der Waals surface area (Å²) in [4.78, 5) is 15.4. The van der Waals surface area contributed by atoms with Crippen molar-refractivity contribution in [1.82, 2.24) is 4.98 Å². The molecule has 0 unspecified atom stereocenters. The van der Waals surface area contributed by atoms with Crippen LogP contribution in [0.5, 0.6) is 0 Å². The molecule has 0 bridgehead atoms. The number of rotatable bonds is 5. The molecule has 0 amide bonds. The first kappa shape index (κ1) is 14.3. The minimum absolute atomic E-state index is 0.206. The van der Waals surface area contributed by atoms with E-state index in [0.717, 1.165) is 5.39 Å². The van der Waals surface area contributed by atoms with Gasteiger partial charge in [-0.05, 0) is 13.8 Å². The summed E-state index contributed by atoms with van der Waals surface area (Å²) in [6, 6.07) is 7.32. The first-order valence-electron chi connectivity index (χ1n) is 6.35. The predicted molar refractivity (Wildman–Crippen MR) is 78.3 cm³/mol. The average molecular weight is 274 g/mol. The van der Waals surface area contributed by atoms with Gasteiger partial charge in [0.05, 0.1) is 11.2 Å². The number of methoxy groups -OCH3 is 1. The predicted octanol–water partition coefficient (Wildman–Crippen LogP) is 2.77. The lowest BCUT2D eigenvalue weighted by Gasteiger charge is -2.23. The lowest BCUT2D eigenvalue weighted by Crippen LogP contribution is -2.32. The van der Waals surface area contributed by atoms with Crippen molar-refractivity contribution in [2.45, 2.75) is 19.4 Å². The number of benzene rings is 1. The largest absolute Gasteiger partial charge is 0.478 e. The monoisotopic (exact) mass is 274 g/mol. The maximum Gasteiger partial charge on any atom is 0.337 e. The third-order valence-electron chi connectivity index (χ3n) is 3.26. The lowest BCUT2D eigenvalue weighted by molar-refractivity contribution is 0.0343. The average Bonchev–Trinajstić information content (AvgIpc) is 2.44. The van der Waals surface area contributed by atoms with Crippen molar-refractivity contribution in [3.63, 3.8) is 0 Å². The Morgan fingerprint density at radius 2 is 2.00 bits per heavy atom. The summed E-state index contributed by atoms with van der Waals surface area (Å²) in [5.41, 5.74) is -0.119. The fourth-order valence-electron chi connectivity index (χ4n) is 1.87. The molecule has 0 aliphatic rings. The SMILES string of the molecule is COC(C)(C)CNc1ncc(C(=O)O)c2ccccc12. The van der Waals surface area contributed by atoms with Gasteiger partial charge >= 0.3 is 5.97 Å². The van der Waals surface area contributed by atoms with Gasteiger partial charge in [0.25, 0.3) is 0 Å². The normalized spacial score (nSPS) is 11.6. The van der Waals surface area contributed by atoms with E-state index in [4.69, 9.17) is 4.74 Å². The molecular formula is C15H18N2O3. The van der Waals surface area contributed by atoms with Crippen LogP contribution in [0.1, 0.15) is 24.2 Å².